The number of ether oxygens (including phenoxy) is 1. The molecule has 8 heteroatoms. The van der Waals surface area contributed by atoms with Gasteiger partial charge in [-0.2, -0.15) is 0 Å². The standard InChI is InChI=1S/C21H16N6O2/c1-29-20-7-14(5-16-6-15(12-28)8-23-21(16)20)10-27-11-18(24-25-27)17-3-2-4-26-13-22-9-19(17)26/h2-9,11-13H,10H2,1H3. The van der Waals surface area contributed by atoms with Crippen molar-refractivity contribution >= 4 is 22.7 Å². The first-order chi connectivity index (χ1) is 14.2. The Morgan fingerprint density at radius 1 is 1.21 bits per heavy atom. The van der Waals surface area contributed by atoms with Crippen molar-refractivity contribution in [2.24, 2.45) is 0 Å². The molecule has 29 heavy (non-hydrogen) atoms. The number of hydrogen-bond acceptors (Lipinski definition) is 6. The Morgan fingerprint density at radius 3 is 3.00 bits per heavy atom. The zero-order valence-corrected chi connectivity index (χ0v) is 15.6. The van der Waals surface area contributed by atoms with E-state index in [1.54, 1.807) is 30.4 Å². The highest BCUT2D eigenvalue weighted by molar-refractivity contribution is 5.89. The molecular formula is C21H16N6O2. The average Bonchev–Trinajstić information content (AvgIpc) is 3.42. The number of fused-ring (bicyclic) bond motifs is 2. The molecule has 5 rings (SSSR count). The van der Waals surface area contributed by atoms with Crippen LogP contribution < -0.4 is 4.74 Å². The highest BCUT2D eigenvalue weighted by atomic mass is 16.5. The number of aromatic nitrogens is 6. The highest BCUT2D eigenvalue weighted by Gasteiger charge is 2.11. The molecular weight excluding hydrogens is 368 g/mol. The number of aldehydes is 1. The fourth-order valence-corrected chi connectivity index (χ4v) is 3.46. The summed E-state index contributed by atoms with van der Waals surface area (Å²) in [6, 6.07) is 9.66. The molecule has 4 aromatic heterocycles. The van der Waals surface area contributed by atoms with Gasteiger partial charge in [0.05, 0.1) is 37.9 Å². The smallest absolute Gasteiger partial charge is 0.151 e. The van der Waals surface area contributed by atoms with E-state index in [-0.39, 0.29) is 0 Å². The lowest BCUT2D eigenvalue weighted by Crippen LogP contribution is -2.01. The number of pyridine rings is 2. The lowest BCUT2D eigenvalue weighted by molar-refractivity contribution is 0.112. The van der Waals surface area contributed by atoms with Crippen LogP contribution in [0.1, 0.15) is 15.9 Å². The lowest BCUT2D eigenvalue weighted by atomic mass is 10.1. The predicted molar refractivity (Wildman–Crippen MR) is 107 cm³/mol. The zero-order valence-electron chi connectivity index (χ0n) is 15.6. The van der Waals surface area contributed by atoms with Gasteiger partial charge >= 0.3 is 0 Å². The molecule has 0 radical (unpaired) electrons. The molecule has 0 unspecified atom stereocenters. The fraction of sp³-hybridized carbons (Fsp3) is 0.0952. The van der Waals surface area contributed by atoms with Gasteiger partial charge in [0.15, 0.2) is 6.29 Å². The number of hydrogen-bond donors (Lipinski definition) is 0. The van der Waals surface area contributed by atoms with Crippen LogP contribution in [0.3, 0.4) is 0 Å². The van der Waals surface area contributed by atoms with Crippen LogP contribution in [0.4, 0.5) is 0 Å². The molecule has 0 spiro atoms. The molecule has 142 valence electrons. The van der Waals surface area contributed by atoms with E-state index >= 15 is 0 Å². The van der Waals surface area contributed by atoms with Crippen LogP contribution in [0.5, 0.6) is 5.75 Å². The van der Waals surface area contributed by atoms with E-state index in [1.165, 1.54) is 6.20 Å². The van der Waals surface area contributed by atoms with E-state index in [9.17, 15) is 4.79 Å². The third-order valence-electron chi connectivity index (χ3n) is 4.80. The maximum absolute atomic E-state index is 11.1. The van der Waals surface area contributed by atoms with E-state index in [2.05, 4.69) is 20.3 Å². The predicted octanol–water partition coefficient (Wildman–Crippen LogP) is 3.01. The molecule has 0 fully saturated rings. The number of carbonyl (C=O) groups is 1. The summed E-state index contributed by atoms with van der Waals surface area (Å²) in [5.74, 6) is 0.652. The summed E-state index contributed by atoms with van der Waals surface area (Å²) in [5, 5.41) is 9.44. The first-order valence-corrected chi connectivity index (χ1v) is 8.98. The summed E-state index contributed by atoms with van der Waals surface area (Å²) in [7, 11) is 1.60. The van der Waals surface area contributed by atoms with Gasteiger partial charge in [0.1, 0.15) is 17.0 Å². The van der Waals surface area contributed by atoms with Gasteiger partial charge in [-0.3, -0.25) is 9.78 Å². The summed E-state index contributed by atoms with van der Waals surface area (Å²) in [6.45, 7) is 0.507. The van der Waals surface area contributed by atoms with Gasteiger partial charge in [0, 0.05) is 28.9 Å². The maximum atomic E-state index is 11.1. The third-order valence-corrected chi connectivity index (χ3v) is 4.80. The normalized spacial score (nSPS) is 11.2. The Morgan fingerprint density at radius 2 is 2.14 bits per heavy atom. The van der Waals surface area contributed by atoms with Gasteiger partial charge in [-0.1, -0.05) is 5.21 Å². The molecule has 5 aromatic rings. The molecule has 0 bridgehead atoms. The fourth-order valence-electron chi connectivity index (χ4n) is 3.46. The van der Waals surface area contributed by atoms with Crippen LogP contribution in [-0.4, -0.2) is 42.8 Å². The van der Waals surface area contributed by atoms with Crippen molar-refractivity contribution in [2.45, 2.75) is 6.54 Å². The van der Waals surface area contributed by atoms with Crippen molar-refractivity contribution in [1.29, 1.82) is 0 Å². The van der Waals surface area contributed by atoms with Crippen molar-refractivity contribution in [1.82, 2.24) is 29.4 Å². The molecule has 0 aliphatic carbocycles. The summed E-state index contributed by atoms with van der Waals surface area (Å²) >= 11 is 0. The number of carbonyl (C=O) groups excluding carboxylic acids is 1. The van der Waals surface area contributed by atoms with Crippen LogP contribution >= 0.6 is 0 Å². The molecule has 0 saturated carbocycles. The number of methoxy groups -OCH3 is 1. The first-order valence-electron chi connectivity index (χ1n) is 8.98. The minimum Gasteiger partial charge on any atom is -0.494 e. The molecule has 8 nitrogen and oxygen atoms in total. The van der Waals surface area contributed by atoms with Crippen LogP contribution in [0.25, 0.3) is 27.7 Å². The molecule has 0 atom stereocenters. The largest absolute Gasteiger partial charge is 0.494 e. The molecule has 1 aromatic carbocycles. The third kappa shape index (κ3) is 3.00. The van der Waals surface area contributed by atoms with E-state index in [1.807, 2.05) is 41.1 Å². The van der Waals surface area contributed by atoms with E-state index in [4.69, 9.17) is 4.74 Å². The van der Waals surface area contributed by atoms with Crippen LogP contribution in [0.15, 0.2) is 61.4 Å². The lowest BCUT2D eigenvalue weighted by Gasteiger charge is -2.09. The molecule has 0 N–H and O–H groups in total. The Hall–Kier alpha value is -4.07. The summed E-state index contributed by atoms with van der Waals surface area (Å²) < 4.78 is 9.20. The highest BCUT2D eigenvalue weighted by Crippen LogP contribution is 2.27. The Balaban J connectivity index is 1.51. The molecule has 4 heterocycles. The summed E-state index contributed by atoms with van der Waals surface area (Å²) in [4.78, 5) is 19.6. The average molecular weight is 384 g/mol. The Bertz CT molecular complexity index is 1350. The van der Waals surface area contributed by atoms with Gasteiger partial charge in [-0.05, 0) is 35.9 Å². The Labute approximate surface area is 165 Å². The minimum atomic E-state index is 0.507. The molecule has 0 aliphatic rings. The summed E-state index contributed by atoms with van der Waals surface area (Å²) in [5.41, 5.74) is 4.92. The van der Waals surface area contributed by atoms with Crippen molar-refractivity contribution < 1.29 is 9.53 Å². The van der Waals surface area contributed by atoms with Crippen LogP contribution in [-0.2, 0) is 6.54 Å². The van der Waals surface area contributed by atoms with Crippen molar-refractivity contribution in [3.8, 4) is 17.0 Å². The second-order valence-electron chi connectivity index (χ2n) is 6.67. The van der Waals surface area contributed by atoms with Gasteiger partial charge in [0.2, 0.25) is 0 Å². The Kier molecular flexibility index (Phi) is 4.02. The SMILES string of the molecule is COc1cc(Cn2cc(-c3cccn4cncc34)nn2)cc2cc(C=O)cnc12. The monoisotopic (exact) mass is 384 g/mol. The second kappa shape index (κ2) is 6.83. The van der Waals surface area contributed by atoms with Gasteiger partial charge in [-0.15, -0.1) is 5.10 Å². The van der Waals surface area contributed by atoms with E-state index in [0.717, 1.165) is 34.0 Å². The van der Waals surface area contributed by atoms with Crippen LogP contribution in [0, 0.1) is 0 Å². The first kappa shape index (κ1) is 17.1. The second-order valence-corrected chi connectivity index (χ2v) is 6.67. The van der Waals surface area contributed by atoms with Crippen molar-refractivity contribution in [3.05, 3.63) is 72.6 Å². The topological polar surface area (TPSA) is 87.2 Å². The quantitative estimate of drug-likeness (QED) is 0.433. The van der Waals surface area contributed by atoms with E-state index in [0.29, 0.717) is 23.4 Å². The maximum Gasteiger partial charge on any atom is 0.151 e. The number of nitrogens with zero attached hydrogens (tertiary/aromatic N) is 6. The number of rotatable bonds is 5. The number of benzene rings is 1. The van der Waals surface area contributed by atoms with Gasteiger partial charge in [-0.25, -0.2) is 9.67 Å². The van der Waals surface area contributed by atoms with Crippen molar-refractivity contribution in [3.63, 3.8) is 0 Å². The zero-order chi connectivity index (χ0) is 19.8. The molecule has 0 saturated heterocycles. The van der Waals surface area contributed by atoms with Gasteiger partial charge < -0.3 is 9.14 Å². The van der Waals surface area contributed by atoms with E-state index < -0.39 is 0 Å². The van der Waals surface area contributed by atoms with Crippen molar-refractivity contribution in [2.75, 3.05) is 7.11 Å². The van der Waals surface area contributed by atoms with Gasteiger partial charge in [0.25, 0.3) is 0 Å². The summed E-state index contributed by atoms with van der Waals surface area (Å²) in [6.07, 6.45) is 9.73. The van der Waals surface area contributed by atoms with Crippen LogP contribution in [0.2, 0.25) is 0 Å². The minimum absolute atomic E-state index is 0.507. The molecule has 0 aliphatic heterocycles. The molecule has 0 amide bonds. The number of imidazole rings is 1.